The van der Waals surface area contributed by atoms with Gasteiger partial charge >= 0.3 is 0 Å². The maximum absolute atomic E-state index is 12.2. The van der Waals surface area contributed by atoms with Crippen molar-refractivity contribution >= 4 is 26.0 Å². The number of hydrogen-bond donors (Lipinski definition) is 0. The fourth-order valence-electron chi connectivity index (χ4n) is 1.35. The molecule has 0 saturated carbocycles. The monoisotopic (exact) mass is 316 g/mol. The highest BCUT2D eigenvalue weighted by Gasteiger charge is 2.24. The third kappa shape index (κ3) is 3.28. The van der Waals surface area contributed by atoms with Gasteiger partial charge < -0.3 is 0 Å². The van der Waals surface area contributed by atoms with Crippen LogP contribution in [0.3, 0.4) is 0 Å². The molecule has 0 amide bonds. The average molecular weight is 317 g/mol. The molecule has 0 aliphatic carbocycles. The van der Waals surface area contributed by atoms with E-state index in [-0.39, 0.29) is 17.4 Å². The van der Waals surface area contributed by atoms with Gasteiger partial charge in [-0.25, -0.2) is 8.42 Å². The molecule has 0 aliphatic heterocycles. The zero-order valence-electron chi connectivity index (χ0n) is 9.59. The van der Waals surface area contributed by atoms with E-state index in [1.54, 1.807) is 25.1 Å². The Morgan fingerprint density at radius 1 is 1.47 bits per heavy atom. The minimum atomic E-state index is -3.54. The van der Waals surface area contributed by atoms with Crippen LogP contribution in [0.25, 0.3) is 0 Å². The predicted octanol–water partition coefficient (Wildman–Crippen LogP) is 2.23. The Balaban J connectivity index is 3.05. The normalized spacial score (nSPS) is 13.4. The zero-order valence-corrected chi connectivity index (χ0v) is 12.0. The van der Waals surface area contributed by atoms with Crippen LogP contribution in [0.4, 0.5) is 0 Å². The molecule has 1 atom stereocenters. The molecule has 1 rings (SSSR count). The molecule has 6 heteroatoms. The van der Waals surface area contributed by atoms with E-state index in [9.17, 15) is 8.42 Å². The third-order valence-corrected chi connectivity index (χ3v) is 5.11. The molecule has 1 aromatic carbocycles. The smallest absolute Gasteiger partial charge is 0.207 e. The molecular formula is C11H13BrN2O2S. The van der Waals surface area contributed by atoms with E-state index in [1.807, 2.05) is 6.07 Å². The number of benzene rings is 1. The number of sulfonamides is 1. The van der Waals surface area contributed by atoms with Gasteiger partial charge in [-0.3, -0.25) is 0 Å². The summed E-state index contributed by atoms with van der Waals surface area (Å²) < 4.78 is 26.1. The van der Waals surface area contributed by atoms with Crippen molar-refractivity contribution in [1.29, 1.82) is 5.26 Å². The first kappa shape index (κ1) is 14.2. The standard InChI is InChI=1S/C11H13BrN2O2S/c1-9(7-13)8-14(2)17(15,16)11-6-4-3-5-10(11)12/h3-6,9H,8H2,1-2H3. The maximum Gasteiger partial charge on any atom is 0.243 e. The van der Waals surface area contributed by atoms with Crippen LogP contribution in [0.2, 0.25) is 0 Å². The summed E-state index contributed by atoms with van der Waals surface area (Å²) in [7, 11) is -2.06. The minimum absolute atomic E-state index is 0.181. The number of halogens is 1. The van der Waals surface area contributed by atoms with Crippen LogP contribution in [0.15, 0.2) is 33.6 Å². The molecule has 1 aromatic rings. The summed E-state index contributed by atoms with van der Waals surface area (Å²) in [5.41, 5.74) is 0. The van der Waals surface area contributed by atoms with Crippen molar-refractivity contribution in [2.45, 2.75) is 11.8 Å². The van der Waals surface area contributed by atoms with Gasteiger partial charge in [0.2, 0.25) is 10.0 Å². The van der Waals surface area contributed by atoms with Gasteiger partial charge in [-0.1, -0.05) is 12.1 Å². The molecule has 0 fully saturated rings. The first-order valence-corrected chi connectivity index (χ1v) is 7.23. The maximum atomic E-state index is 12.2. The molecule has 4 nitrogen and oxygen atoms in total. The summed E-state index contributed by atoms with van der Waals surface area (Å²) in [5, 5.41) is 8.69. The van der Waals surface area contributed by atoms with Crippen molar-refractivity contribution in [3.63, 3.8) is 0 Å². The van der Waals surface area contributed by atoms with Crippen molar-refractivity contribution in [2.75, 3.05) is 13.6 Å². The predicted molar refractivity (Wildman–Crippen MR) is 68.7 cm³/mol. The van der Waals surface area contributed by atoms with Crippen LogP contribution in [0.5, 0.6) is 0 Å². The van der Waals surface area contributed by atoms with E-state index >= 15 is 0 Å². The summed E-state index contributed by atoms with van der Waals surface area (Å²) in [6.07, 6.45) is 0. The molecule has 0 bridgehead atoms. The highest BCUT2D eigenvalue weighted by Crippen LogP contribution is 2.24. The highest BCUT2D eigenvalue weighted by molar-refractivity contribution is 9.10. The van der Waals surface area contributed by atoms with Crippen LogP contribution < -0.4 is 0 Å². The SMILES string of the molecule is CC(C#N)CN(C)S(=O)(=O)c1ccccc1Br. The van der Waals surface area contributed by atoms with Crippen molar-refractivity contribution in [3.05, 3.63) is 28.7 Å². The van der Waals surface area contributed by atoms with E-state index < -0.39 is 10.0 Å². The lowest BCUT2D eigenvalue weighted by Gasteiger charge is -2.18. The van der Waals surface area contributed by atoms with E-state index in [1.165, 1.54) is 17.4 Å². The molecule has 1 unspecified atom stereocenters. The zero-order chi connectivity index (χ0) is 13.1. The topological polar surface area (TPSA) is 61.2 Å². The Morgan fingerprint density at radius 3 is 2.59 bits per heavy atom. The fraction of sp³-hybridized carbons (Fsp3) is 0.364. The number of nitriles is 1. The van der Waals surface area contributed by atoms with Crippen LogP contribution in [0, 0.1) is 17.2 Å². The Bertz CT molecular complexity index is 537. The molecule has 0 aliphatic rings. The second kappa shape index (κ2) is 5.63. The highest BCUT2D eigenvalue weighted by atomic mass is 79.9. The van der Waals surface area contributed by atoms with Gasteiger partial charge in [0.15, 0.2) is 0 Å². The Labute approximate surface area is 110 Å². The lowest BCUT2D eigenvalue weighted by molar-refractivity contribution is 0.439. The van der Waals surface area contributed by atoms with Crippen molar-refractivity contribution in [3.8, 4) is 6.07 Å². The fourth-order valence-corrected chi connectivity index (χ4v) is 3.57. The summed E-state index contributed by atoms with van der Waals surface area (Å²) in [6, 6.07) is 8.64. The molecule has 17 heavy (non-hydrogen) atoms. The Kier molecular flexibility index (Phi) is 4.69. The molecule has 0 saturated heterocycles. The van der Waals surface area contributed by atoms with Crippen LogP contribution in [-0.4, -0.2) is 26.3 Å². The Morgan fingerprint density at radius 2 is 2.06 bits per heavy atom. The number of rotatable bonds is 4. The van der Waals surface area contributed by atoms with Gasteiger partial charge in [0.05, 0.1) is 16.9 Å². The van der Waals surface area contributed by atoms with Crippen molar-refractivity contribution in [1.82, 2.24) is 4.31 Å². The van der Waals surface area contributed by atoms with Gasteiger partial charge in [-0.2, -0.15) is 9.57 Å². The Hall–Kier alpha value is -0.900. The second-order valence-corrected chi connectivity index (χ2v) is 6.61. The number of nitrogens with zero attached hydrogens (tertiary/aromatic N) is 2. The average Bonchev–Trinajstić information content (AvgIpc) is 2.29. The molecule has 92 valence electrons. The van der Waals surface area contributed by atoms with Crippen molar-refractivity contribution < 1.29 is 8.42 Å². The molecular weight excluding hydrogens is 304 g/mol. The summed E-state index contributed by atoms with van der Waals surface area (Å²) >= 11 is 3.21. The molecule has 0 radical (unpaired) electrons. The second-order valence-electron chi connectivity index (χ2n) is 3.75. The van der Waals surface area contributed by atoms with Gasteiger partial charge in [0, 0.05) is 18.1 Å². The quantitative estimate of drug-likeness (QED) is 0.855. The van der Waals surface area contributed by atoms with E-state index in [2.05, 4.69) is 15.9 Å². The summed E-state index contributed by atoms with van der Waals surface area (Å²) in [4.78, 5) is 0.215. The molecule has 0 spiro atoms. The van der Waals surface area contributed by atoms with Gasteiger partial charge in [0.25, 0.3) is 0 Å². The summed E-state index contributed by atoms with van der Waals surface area (Å²) in [5.74, 6) is -0.336. The lowest BCUT2D eigenvalue weighted by Crippen LogP contribution is -2.31. The van der Waals surface area contributed by atoms with E-state index in [4.69, 9.17) is 5.26 Å². The molecule has 0 heterocycles. The first-order valence-electron chi connectivity index (χ1n) is 5.00. The molecule has 0 N–H and O–H groups in total. The van der Waals surface area contributed by atoms with Crippen LogP contribution >= 0.6 is 15.9 Å². The first-order chi connectivity index (χ1) is 7.89. The lowest BCUT2D eigenvalue weighted by atomic mass is 10.2. The van der Waals surface area contributed by atoms with E-state index in [0.29, 0.717) is 4.47 Å². The van der Waals surface area contributed by atoms with Crippen LogP contribution in [-0.2, 0) is 10.0 Å². The number of hydrogen-bond acceptors (Lipinski definition) is 3. The summed E-state index contributed by atoms with van der Waals surface area (Å²) in [6.45, 7) is 1.87. The van der Waals surface area contributed by atoms with Gasteiger partial charge in [0.1, 0.15) is 0 Å². The minimum Gasteiger partial charge on any atom is -0.207 e. The van der Waals surface area contributed by atoms with Crippen molar-refractivity contribution in [2.24, 2.45) is 5.92 Å². The largest absolute Gasteiger partial charge is 0.243 e. The van der Waals surface area contributed by atoms with Gasteiger partial charge in [-0.05, 0) is 35.0 Å². The van der Waals surface area contributed by atoms with Crippen LogP contribution in [0.1, 0.15) is 6.92 Å². The molecule has 0 aromatic heterocycles. The van der Waals surface area contributed by atoms with E-state index in [0.717, 1.165) is 0 Å². The third-order valence-electron chi connectivity index (χ3n) is 2.28. The van der Waals surface area contributed by atoms with Gasteiger partial charge in [-0.15, -0.1) is 0 Å².